The second-order valence-corrected chi connectivity index (χ2v) is 12.9. The lowest BCUT2D eigenvalue weighted by molar-refractivity contribution is -0.128. The molecule has 0 fully saturated rings. The summed E-state index contributed by atoms with van der Waals surface area (Å²) in [4.78, 5) is 49.6. The number of para-hydroxylation sites is 2. The van der Waals surface area contributed by atoms with Crippen molar-refractivity contribution in [3.8, 4) is 0 Å². The predicted molar refractivity (Wildman–Crippen MR) is 191 cm³/mol. The monoisotopic (exact) mass is 660 g/mol. The van der Waals surface area contributed by atoms with Crippen molar-refractivity contribution in [1.29, 1.82) is 0 Å². The highest BCUT2D eigenvalue weighted by Gasteiger charge is 2.34. The Morgan fingerprint density at radius 2 is 1.73 bits per heavy atom. The minimum Gasteiger partial charge on any atom is -0.390 e. The lowest BCUT2D eigenvalue weighted by Gasteiger charge is -2.39. The van der Waals surface area contributed by atoms with Crippen LogP contribution in [0.5, 0.6) is 0 Å². The molecule has 0 aliphatic carbocycles. The number of amides is 3. The maximum Gasteiger partial charge on any atom is 0.270 e. The molecule has 6 N–H and O–H groups in total. The summed E-state index contributed by atoms with van der Waals surface area (Å²) in [5.41, 5.74) is 10.9. The van der Waals surface area contributed by atoms with Gasteiger partial charge in [-0.1, -0.05) is 92.6 Å². The van der Waals surface area contributed by atoms with Crippen LogP contribution in [0.3, 0.4) is 0 Å². The van der Waals surface area contributed by atoms with Crippen LogP contribution >= 0.6 is 0 Å². The largest absolute Gasteiger partial charge is 0.390 e. The zero-order valence-corrected chi connectivity index (χ0v) is 27.8. The Kier molecular flexibility index (Phi) is 10.7. The maximum absolute atomic E-state index is 13.8. The molecule has 254 valence electrons. The first-order valence-corrected chi connectivity index (χ1v) is 17.1. The number of carbonyl (C=O) groups excluding carboxylic acids is 3. The second-order valence-electron chi connectivity index (χ2n) is 12.9. The molecule has 6 rings (SSSR count). The van der Waals surface area contributed by atoms with E-state index in [1.165, 1.54) is 16.6 Å². The Bertz CT molecular complexity index is 1930. The maximum atomic E-state index is 13.8. The fourth-order valence-corrected chi connectivity index (χ4v) is 6.95. The summed E-state index contributed by atoms with van der Waals surface area (Å²) < 4.78 is 0. The molecule has 0 bridgehead atoms. The Morgan fingerprint density at radius 3 is 2.53 bits per heavy atom. The molecule has 3 amide bonds. The van der Waals surface area contributed by atoms with Gasteiger partial charge in [-0.25, -0.2) is 4.98 Å². The molecule has 49 heavy (non-hydrogen) atoms. The number of nitrogens with zero attached hydrogens (tertiary/aromatic N) is 2. The molecule has 5 aromatic rings. The van der Waals surface area contributed by atoms with E-state index in [4.69, 9.17) is 5.73 Å². The highest BCUT2D eigenvalue weighted by atomic mass is 16.3. The summed E-state index contributed by atoms with van der Waals surface area (Å²) in [7, 11) is 0. The van der Waals surface area contributed by atoms with E-state index in [0.717, 1.165) is 48.7 Å². The number of pyridine rings is 1. The van der Waals surface area contributed by atoms with Crippen molar-refractivity contribution in [2.24, 2.45) is 5.73 Å². The first kappa shape index (κ1) is 33.8. The number of aliphatic hydroxyl groups excluding tert-OH is 1. The minimum atomic E-state index is -1.26. The number of carbonyl (C=O) groups is 3. The van der Waals surface area contributed by atoms with Gasteiger partial charge in [0.2, 0.25) is 11.8 Å². The Labute approximate surface area is 286 Å². The number of benzene rings is 3. The van der Waals surface area contributed by atoms with Crippen molar-refractivity contribution in [2.75, 3.05) is 13.1 Å². The fourth-order valence-electron chi connectivity index (χ4n) is 6.95. The smallest absolute Gasteiger partial charge is 0.270 e. The van der Waals surface area contributed by atoms with E-state index in [9.17, 15) is 19.5 Å². The van der Waals surface area contributed by atoms with Crippen LogP contribution in [0.2, 0.25) is 0 Å². The number of aliphatic hydroxyl groups is 1. The number of unbranched alkanes of at least 4 members (excludes halogenated alkanes) is 1. The Morgan fingerprint density at radius 1 is 0.980 bits per heavy atom. The zero-order valence-electron chi connectivity index (χ0n) is 27.8. The summed E-state index contributed by atoms with van der Waals surface area (Å²) >= 11 is 0. The molecule has 1 aliphatic heterocycles. The van der Waals surface area contributed by atoms with Gasteiger partial charge in [-0.15, -0.1) is 0 Å². The van der Waals surface area contributed by atoms with Crippen LogP contribution in [-0.4, -0.2) is 69.0 Å². The van der Waals surface area contributed by atoms with Crippen LogP contribution in [0.1, 0.15) is 66.0 Å². The van der Waals surface area contributed by atoms with Crippen LogP contribution in [0.4, 0.5) is 0 Å². The van der Waals surface area contributed by atoms with Crippen LogP contribution in [0, 0.1) is 0 Å². The number of primary amides is 1. The van der Waals surface area contributed by atoms with Crippen LogP contribution in [0.25, 0.3) is 21.8 Å². The number of nitrogens with two attached hydrogens (primary N) is 1. The molecule has 10 nitrogen and oxygen atoms in total. The summed E-state index contributed by atoms with van der Waals surface area (Å²) in [5.74, 6) is -1.95. The lowest BCUT2D eigenvalue weighted by Crippen LogP contribution is -2.56. The van der Waals surface area contributed by atoms with Crippen LogP contribution < -0.4 is 16.4 Å². The summed E-state index contributed by atoms with van der Waals surface area (Å²) in [6.07, 6.45) is 2.86. The summed E-state index contributed by atoms with van der Waals surface area (Å²) in [6, 6.07) is 26.9. The van der Waals surface area contributed by atoms with Gasteiger partial charge in [0.25, 0.3) is 5.91 Å². The normalized spacial score (nSPS) is 16.5. The number of β-amino-alcohol motifs (C(OH)–C–C–N with tert-alkyl or cyclic N) is 1. The third kappa shape index (κ3) is 7.98. The molecule has 0 spiro atoms. The molecule has 3 heterocycles. The van der Waals surface area contributed by atoms with Gasteiger partial charge in [0, 0.05) is 35.1 Å². The number of nitrogens with one attached hydrogen (secondary N) is 3. The minimum absolute atomic E-state index is 0.0928. The molecule has 1 aliphatic rings. The molecule has 1 unspecified atom stereocenters. The number of hydrogen-bond acceptors (Lipinski definition) is 6. The Hall–Kier alpha value is -5.06. The lowest BCUT2D eigenvalue weighted by atomic mass is 9.92. The summed E-state index contributed by atoms with van der Waals surface area (Å²) in [5, 5.41) is 19.6. The van der Waals surface area contributed by atoms with Gasteiger partial charge >= 0.3 is 0 Å². The first-order valence-electron chi connectivity index (χ1n) is 17.1. The van der Waals surface area contributed by atoms with E-state index >= 15 is 0 Å². The molecule has 3 aromatic carbocycles. The van der Waals surface area contributed by atoms with Gasteiger partial charge in [-0.2, -0.15) is 0 Å². The van der Waals surface area contributed by atoms with Crippen molar-refractivity contribution < 1.29 is 19.5 Å². The van der Waals surface area contributed by atoms with E-state index < -0.39 is 42.3 Å². The quantitative estimate of drug-likeness (QED) is 0.118. The van der Waals surface area contributed by atoms with E-state index in [1.807, 2.05) is 54.6 Å². The standard InChI is InChI=1S/C39H44N6O4/c1-2-3-17-34-37-28(27-14-8-10-16-30(27)42-37)20-21-45(34)24-35(46)32(22-25-11-5-4-6-12-25)43-39(49)33(23-36(40)47)44-38(48)31-19-18-26-13-7-9-15-29(26)41-31/h4-16,18-19,32-35,42,46H,2-3,17,20-24H2,1H3,(H2,40,47)(H,43,49)(H,44,48)/t32-,33-,34?,35+/m0/s1. The molecule has 2 aromatic heterocycles. The molecule has 4 atom stereocenters. The number of H-pyrrole nitrogens is 1. The Balaban J connectivity index is 1.22. The van der Waals surface area contributed by atoms with E-state index in [2.05, 4.69) is 50.6 Å². The SMILES string of the molecule is CCCCC1c2[nH]c3ccccc3c2CCN1C[C@@H](O)[C@H](Cc1ccccc1)NC(=O)[C@H](CC(N)=O)NC(=O)c1ccc2ccccc2n1. The van der Waals surface area contributed by atoms with Gasteiger partial charge in [0.15, 0.2) is 0 Å². The number of hydrogen-bond donors (Lipinski definition) is 5. The van der Waals surface area contributed by atoms with Gasteiger partial charge in [0.05, 0.1) is 30.1 Å². The van der Waals surface area contributed by atoms with Crippen molar-refractivity contribution in [3.05, 3.63) is 114 Å². The highest BCUT2D eigenvalue weighted by Crippen LogP contribution is 2.37. The average molecular weight is 661 g/mol. The molecule has 0 saturated carbocycles. The average Bonchev–Trinajstić information content (AvgIpc) is 3.49. The fraction of sp³-hybridized carbons (Fsp3) is 0.333. The molecular weight excluding hydrogens is 616 g/mol. The van der Waals surface area contributed by atoms with Crippen molar-refractivity contribution >= 4 is 39.5 Å². The van der Waals surface area contributed by atoms with Gasteiger partial charge in [-0.05, 0) is 48.6 Å². The van der Waals surface area contributed by atoms with E-state index in [-0.39, 0.29) is 11.7 Å². The molecule has 0 saturated heterocycles. The third-order valence-electron chi connectivity index (χ3n) is 9.47. The molecular formula is C39H44N6O4. The van der Waals surface area contributed by atoms with Crippen molar-refractivity contribution in [1.82, 2.24) is 25.5 Å². The third-order valence-corrected chi connectivity index (χ3v) is 9.47. The van der Waals surface area contributed by atoms with Crippen molar-refractivity contribution in [2.45, 2.75) is 69.7 Å². The topological polar surface area (TPSA) is 153 Å². The zero-order chi connectivity index (χ0) is 34.3. The van der Waals surface area contributed by atoms with Crippen LogP contribution in [-0.2, 0) is 22.4 Å². The summed E-state index contributed by atoms with van der Waals surface area (Å²) in [6.45, 7) is 3.27. The number of rotatable bonds is 14. The van der Waals surface area contributed by atoms with E-state index in [0.29, 0.717) is 18.5 Å². The van der Waals surface area contributed by atoms with Crippen LogP contribution in [0.15, 0.2) is 91.0 Å². The predicted octanol–water partition coefficient (Wildman–Crippen LogP) is 4.57. The molecule has 10 heteroatoms. The number of aromatic amines is 1. The first-order chi connectivity index (χ1) is 23.8. The number of aromatic nitrogens is 2. The van der Waals surface area contributed by atoms with E-state index in [1.54, 1.807) is 18.2 Å². The number of fused-ring (bicyclic) bond motifs is 4. The van der Waals surface area contributed by atoms with Gasteiger partial charge in [0.1, 0.15) is 11.7 Å². The highest BCUT2D eigenvalue weighted by molar-refractivity contribution is 5.99. The molecule has 0 radical (unpaired) electrons. The van der Waals surface area contributed by atoms with Gasteiger partial charge < -0.3 is 26.5 Å². The van der Waals surface area contributed by atoms with Crippen molar-refractivity contribution in [3.63, 3.8) is 0 Å². The second kappa shape index (κ2) is 15.4. The van der Waals surface area contributed by atoms with Gasteiger partial charge in [-0.3, -0.25) is 19.3 Å².